The molecule has 0 aliphatic rings. The summed E-state index contributed by atoms with van der Waals surface area (Å²) in [5.74, 6) is 3.46. The zero-order chi connectivity index (χ0) is 12.9. The Hall–Kier alpha value is -0.480. The molecule has 0 aromatic carbocycles. The maximum Gasteiger partial charge on any atom is 0.105 e. The highest BCUT2D eigenvalue weighted by Gasteiger charge is 2.11. The molecule has 0 atom stereocenters. The maximum absolute atomic E-state index is 4.41. The van der Waals surface area contributed by atoms with Gasteiger partial charge in [-0.3, -0.25) is 0 Å². The summed E-state index contributed by atoms with van der Waals surface area (Å²) in [7, 11) is 0. The van der Waals surface area contributed by atoms with E-state index in [1.807, 2.05) is 18.0 Å². The van der Waals surface area contributed by atoms with Crippen LogP contribution in [0.1, 0.15) is 39.2 Å². The summed E-state index contributed by atoms with van der Waals surface area (Å²) in [4.78, 5) is 4.41. The molecule has 98 valence electrons. The molecule has 0 aliphatic carbocycles. The van der Waals surface area contributed by atoms with Gasteiger partial charge in [0.25, 0.3) is 0 Å². The van der Waals surface area contributed by atoms with E-state index >= 15 is 0 Å². The number of rotatable bonds is 6. The van der Waals surface area contributed by atoms with Crippen molar-refractivity contribution in [3.8, 4) is 0 Å². The molecule has 0 bridgehead atoms. The highest BCUT2D eigenvalue weighted by molar-refractivity contribution is 7.99. The van der Waals surface area contributed by atoms with Gasteiger partial charge in [-0.2, -0.15) is 11.8 Å². The van der Waals surface area contributed by atoms with Crippen molar-refractivity contribution in [2.45, 2.75) is 53.2 Å². The lowest BCUT2D eigenvalue weighted by atomic mass is 10.1. The third-order valence-electron chi connectivity index (χ3n) is 2.60. The van der Waals surface area contributed by atoms with E-state index < -0.39 is 0 Å². The van der Waals surface area contributed by atoms with E-state index in [0.29, 0.717) is 0 Å². The molecule has 1 rings (SSSR count). The fourth-order valence-electron chi connectivity index (χ4n) is 1.62. The second-order valence-electron chi connectivity index (χ2n) is 5.25. The van der Waals surface area contributed by atoms with Crippen LogP contribution in [0.4, 0.5) is 0 Å². The predicted octanol–water partition coefficient (Wildman–Crippen LogP) is 2.83. The molecule has 0 unspecified atom stereocenters. The Labute approximate surface area is 109 Å². The summed E-state index contributed by atoms with van der Waals surface area (Å²) in [6.07, 6.45) is 1.99. The van der Waals surface area contributed by atoms with Crippen LogP contribution in [-0.4, -0.2) is 26.6 Å². The summed E-state index contributed by atoms with van der Waals surface area (Å²) in [6, 6.07) is 0. The molecule has 0 spiro atoms. The minimum atomic E-state index is 0.154. The molecule has 17 heavy (non-hydrogen) atoms. The highest BCUT2D eigenvalue weighted by atomic mass is 32.2. The topological polar surface area (TPSA) is 29.9 Å². The van der Waals surface area contributed by atoms with Crippen LogP contribution in [0.3, 0.4) is 0 Å². The van der Waals surface area contributed by atoms with E-state index in [4.69, 9.17) is 0 Å². The first-order chi connectivity index (χ1) is 7.94. The molecule has 1 aromatic rings. The van der Waals surface area contributed by atoms with Gasteiger partial charge in [0.1, 0.15) is 5.82 Å². The van der Waals surface area contributed by atoms with Crippen LogP contribution in [-0.2, 0) is 13.1 Å². The zero-order valence-corrected chi connectivity index (χ0v) is 12.5. The van der Waals surface area contributed by atoms with E-state index in [2.05, 4.69) is 49.5 Å². The molecule has 0 saturated heterocycles. The summed E-state index contributed by atoms with van der Waals surface area (Å²) >= 11 is 1.98. The number of hydrogen-bond acceptors (Lipinski definition) is 3. The van der Waals surface area contributed by atoms with E-state index in [1.54, 1.807) is 0 Å². The first-order valence-corrected chi connectivity index (χ1v) is 7.43. The Morgan fingerprint density at radius 2 is 2.12 bits per heavy atom. The van der Waals surface area contributed by atoms with Crippen LogP contribution in [0.25, 0.3) is 0 Å². The Morgan fingerprint density at radius 3 is 2.71 bits per heavy atom. The van der Waals surface area contributed by atoms with Gasteiger partial charge < -0.3 is 9.88 Å². The van der Waals surface area contributed by atoms with Crippen molar-refractivity contribution in [2.75, 3.05) is 11.5 Å². The number of imidazole rings is 1. The second-order valence-corrected chi connectivity index (χ2v) is 6.64. The Morgan fingerprint density at radius 1 is 1.41 bits per heavy atom. The number of aryl methyl sites for hydroxylation is 1. The van der Waals surface area contributed by atoms with Gasteiger partial charge >= 0.3 is 0 Å². The van der Waals surface area contributed by atoms with Gasteiger partial charge in [-0.05, 0) is 33.4 Å². The lowest BCUT2D eigenvalue weighted by Gasteiger charge is -2.21. The molecule has 0 fully saturated rings. The molecule has 1 aromatic heterocycles. The third-order valence-corrected chi connectivity index (χ3v) is 3.48. The van der Waals surface area contributed by atoms with Crippen molar-refractivity contribution < 1.29 is 0 Å². The quantitative estimate of drug-likeness (QED) is 0.793. The standard InChI is InChI=1S/C13H25N3S/c1-6-17-8-7-16-11(2)14-9-12(16)10-15-13(3,4)5/h9,15H,6-8,10H2,1-5H3. The third kappa shape index (κ3) is 5.13. The zero-order valence-electron chi connectivity index (χ0n) is 11.7. The van der Waals surface area contributed by atoms with Crippen molar-refractivity contribution in [1.82, 2.24) is 14.9 Å². The van der Waals surface area contributed by atoms with Crippen LogP contribution in [0.2, 0.25) is 0 Å². The summed E-state index contributed by atoms with van der Waals surface area (Å²) < 4.78 is 2.32. The monoisotopic (exact) mass is 255 g/mol. The summed E-state index contributed by atoms with van der Waals surface area (Å²) in [6.45, 7) is 12.8. The van der Waals surface area contributed by atoms with Gasteiger partial charge in [-0.15, -0.1) is 0 Å². The number of aromatic nitrogens is 2. The van der Waals surface area contributed by atoms with Crippen molar-refractivity contribution in [1.29, 1.82) is 0 Å². The van der Waals surface area contributed by atoms with Gasteiger partial charge in [0.2, 0.25) is 0 Å². The summed E-state index contributed by atoms with van der Waals surface area (Å²) in [5.41, 5.74) is 1.44. The molecule has 0 radical (unpaired) electrons. The van der Waals surface area contributed by atoms with E-state index in [-0.39, 0.29) is 5.54 Å². The molecule has 0 aliphatic heterocycles. The number of thioether (sulfide) groups is 1. The largest absolute Gasteiger partial charge is 0.330 e. The fourth-order valence-corrected chi connectivity index (χ4v) is 2.22. The van der Waals surface area contributed by atoms with Gasteiger partial charge in [0.15, 0.2) is 0 Å². The van der Waals surface area contributed by atoms with E-state index in [9.17, 15) is 0 Å². The highest BCUT2D eigenvalue weighted by Crippen LogP contribution is 2.09. The van der Waals surface area contributed by atoms with Crippen molar-refractivity contribution in [3.63, 3.8) is 0 Å². The fraction of sp³-hybridized carbons (Fsp3) is 0.769. The molecule has 4 heteroatoms. The van der Waals surface area contributed by atoms with Crippen LogP contribution in [0.15, 0.2) is 6.20 Å². The minimum Gasteiger partial charge on any atom is -0.330 e. The number of nitrogens with one attached hydrogen (secondary N) is 1. The smallest absolute Gasteiger partial charge is 0.105 e. The molecular formula is C13H25N3S. The SMILES string of the molecule is CCSCCn1c(CNC(C)(C)C)cnc1C. The Kier molecular flexibility index (Phi) is 5.53. The van der Waals surface area contributed by atoms with Gasteiger partial charge in [0, 0.05) is 30.6 Å². The molecular weight excluding hydrogens is 230 g/mol. The average Bonchev–Trinajstić information content (AvgIpc) is 2.57. The maximum atomic E-state index is 4.41. The normalized spacial score (nSPS) is 12.1. The predicted molar refractivity (Wildman–Crippen MR) is 76.6 cm³/mol. The number of nitrogens with zero attached hydrogens (tertiary/aromatic N) is 2. The average molecular weight is 255 g/mol. The van der Waals surface area contributed by atoms with Crippen molar-refractivity contribution in [2.24, 2.45) is 0 Å². The first kappa shape index (κ1) is 14.6. The van der Waals surface area contributed by atoms with Gasteiger partial charge in [-0.25, -0.2) is 4.98 Å². The number of hydrogen-bond donors (Lipinski definition) is 1. The van der Waals surface area contributed by atoms with Crippen molar-refractivity contribution in [3.05, 3.63) is 17.7 Å². The van der Waals surface area contributed by atoms with Gasteiger partial charge in [-0.1, -0.05) is 6.92 Å². The summed E-state index contributed by atoms with van der Waals surface area (Å²) in [5, 5.41) is 3.51. The second kappa shape index (κ2) is 6.45. The Bertz CT molecular complexity index is 339. The molecule has 1 N–H and O–H groups in total. The molecule has 0 amide bonds. The lowest BCUT2D eigenvalue weighted by Crippen LogP contribution is -2.35. The van der Waals surface area contributed by atoms with Crippen LogP contribution in [0.5, 0.6) is 0 Å². The molecule has 0 saturated carbocycles. The first-order valence-electron chi connectivity index (χ1n) is 6.28. The van der Waals surface area contributed by atoms with Crippen LogP contribution < -0.4 is 5.32 Å². The molecule has 3 nitrogen and oxygen atoms in total. The lowest BCUT2D eigenvalue weighted by molar-refractivity contribution is 0.416. The molecule has 1 heterocycles. The van der Waals surface area contributed by atoms with E-state index in [1.165, 1.54) is 11.4 Å². The van der Waals surface area contributed by atoms with Gasteiger partial charge in [0.05, 0.1) is 5.69 Å². The van der Waals surface area contributed by atoms with Crippen LogP contribution >= 0.6 is 11.8 Å². The van der Waals surface area contributed by atoms with E-state index in [0.717, 1.165) is 24.7 Å². The van der Waals surface area contributed by atoms with Crippen molar-refractivity contribution >= 4 is 11.8 Å². The Balaban J connectivity index is 2.59. The van der Waals surface area contributed by atoms with Crippen LogP contribution in [0, 0.1) is 6.92 Å². The minimum absolute atomic E-state index is 0.154.